The molecule has 3 aromatic rings. The van der Waals surface area contributed by atoms with Crippen molar-refractivity contribution in [1.29, 1.82) is 0 Å². The molecule has 1 aromatic heterocycles. The van der Waals surface area contributed by atoms with Crippen LogP contribution in [-0.2, 0) is 13.0 Å². The Morgan fingerprint density at radius 1 is 0.960 bits per heavy atom. The highest BCUT2D eigenvalue weighted by Crippen LogP contribution is 2.23. The molecular weight excluding hydrogens is 353 g/mol. The summed E-state index contributed by atoms with van der Waals surface area (Å²) in [5.74, 6) is 1.06. The second-order valence-corrected chi connectivity index (χ2v) is 7.02. The van der Waals surface area contributed by atoms with Crippen LogP contribution in [0.2, 0.25) is 10.0 Å². The lowest BCUT2D eigenvalue weighted by molar-refractivity contribution is 0.291. The molecule has 0 spiro atoms. The van der Waals surface area contributed by atoms with Gasteiger partial charge in [-0.2, -0.15) is 0 Å². The highest BCUT2D eigenvalue weighted by molar-refractivity contribution is 6.31. The Morgan fingerprint density at radius 2 is 1.64 bits per heavy atom. The minimum Gasteiger partial charge on any atom is -0.326 e. The standard InChI is InChI=1S/C20H23Cl2N3/c1-3-24(4-2)11-12-25-19-10-9-17(22)14-18(19)23-20(25)13-15-5-7-16(21)8-6-15/h5-10,14H,3-4,11-13H2,1-2H3. The Morgan fingerprint density at radius 3 is 2.32 bits per heavy atom. The van der Waals surface area contributed by atoms with Crippen LogP contribution in [0.1, 0.15) is 25.2 Å². The van der Waals surface area contributed by atoms with Crippen molar-refractivity contribution < 1.29 is 0 Å². The van der Waals surface area contributed by atoms with E-state index in [1.807, 2.05) is 24.3 Å². The van der Waals surface area contributed by atoms with Crippen LogP contribution in [0.15, 0.2) is 42.5 Å². The second kappa shape index (κ2) is 8.22. The highest BCUT2D eigenvalue weighted by atomic mass is 35.5. The second-order valence-electron chi connectivity index (χ2n) is 6.14. The minimum atomic E-state index is 0.721. The summed E-state index contributed by atoms with van der Waals surface area (Å²) >= 11 is 12.2. The van der Waals surface area contributed by atoms with Gasteiger partial charge >= 0.3 is 0 Å². The summed E-state index contributed by atoms with van der Waals surface area (Å²) in [6.45, 7) is 8.44. The molecule has 5 heteroatoms. The third-order valence-corrected chi connectivity index (χ3v) is 5.09. The third-order valence-electron chi connectivity index (χ3n) is 4.60. The summed E-state index contributed by atoms with van der Waals surface area (Å²) in [6.07, 6.45) is 0.779. The first-order valence-corrected chi connectivity index (χ1v) is 9.47. The summed E-state index contributed by atoms with van der Waals surface area (Å²) in [4.78, 5) is 7.27. The fourth-order valence-corrected chi connectivity index (χ4v) is 3.40. The van der Waals surface area contributed by atoms with Gasteiger partial charge in [-0.3, -0.25) is 0 Å². The SMILES string of the molecule is CCN(CC)CCn1c(Cc2ccc(Cl)cc2)nc2cc(Cl)ccc21. The van der Waals surface area contributed by atoms with Gasteiger partial charge in [0.25, 0.3) is 0 Å². The van der Waals surface area contributed by atoms with E-state index >= 15 is 0 Å². The lowest BCUT2D eigenvalue weighted by Crippen LogP contribution is -2.27. The zero-order valence-corrected chi connectivity index (χ0v) is 16.2. The predicted molar refractivity (Wildman–Crippen MR) is 107 cm³/mol. The molecule has 0 amide bonds. The zero-order valence-electron chi connectivity index (χ0n) is 14.7. The normalized spacial score (nSPS) is 11.6. The third kappa shape index (κ3) is 4.35. The number of fused-ring (bicyclic) bond motifs is 1. The van der Waals surface area contributed by atoms with Gasteiger partial charge in [0.05, 0.1) is 11.0 Å². The van der Waals surface area contributed by atoms with Gasteiger partial charge in [-0.1, -0.05) is 49.2 Å². The lowest BCUT2D eigenvalue weighted by atomic mass is 10.1. The first-order chi connectivity index (χ1) is 12.1. The number of hydrogen-bond acceptors (Lipinski definition) is 2. The number of hydrogen-bond donors (Lipinski definition) is 0. The van der Waals surface area contributed by atoms with Gasteiger partial charge in [-0.05, 0) is 49.0 Å². The molecule has 0 saturated heterocycles. The van der Waals surface area contributed by atoms with Crippen molar-refractivity contribution in [2.24, 2.45) is 0 Å². The summed E-state index contributed by atoms with van der Waals surface area (Å²) in [5, 5.41) is 1.48. The number of likely N-dealkylation sites (N-methyl/N-ethyl adjacent to an activating group) is 1. The van der Waals surface area contributed by atoms with E-state index in [9.17, 15) is 0 Å². The minimum absolute atomic E-state index is 0.721. The monoisotopic (exact) mass is 375 g/mol. The summed E-state index contributed by atoms with van der Waals surface area (Å²) in [5.41, 5.74) is 3.30. The van der Waals surface area contributed by atoms with Crippen molar-refractivity contribution >= 4 is 34.2 Å². The van der Waals surface area contributed by atoms with E-state index in [2.05, 4.69) is 41.5 Å². The smallest absolute Gasteiger partial charge is 0.114 e. The molecule has 0 atom stereocenters. The Bertz CT molecular complexity index is 836. The molecule has 0 aliphatic rings. The van der Waals surface area contributed by atoms with Gasteiger partial charge in [-0.15, -0.1) is 0 Å². The zero-order chi connectivity index (χ0) is 17.8. The summed E-state index contributed by atoms with van der Waals surface area (Å²) < 4.78 is 2.32. The maximum atomic E-state index is 6.16. The van der Waals surface area contributed by atoms with Crippen LogP contribution in [-0.4, -0.2) is 34.1 Å². The van der Waals surface area contributed by atoms with E-state index in [0.717, 1.165) is 59.5 Å². The summed E-state index contributed by atoms with van der Waals surface area (Å²) in [6, 6.07) is 13.9. The van der Waals surface area contributed by atoms with Crippen molar-refractivity contribution in [2.75, 3.05) is 19.6 Å². The van der Waals surface area contributed by atoms with Crippen LogP contribution in [0.25, 0.3) is 11.0 Å². The van der Waals surface area contributed by atoms with Crippen LogP contribution < -0.4 is 0 Å². The molecule has 2 aromatic carbocycles. The number of benzene rings is 2. The molecule has 3 rings (SSSR count). The molecule has 0 aliphatic carbocycles. The topological polar surface area (TPSA) is 21.1 Å². The van der Waals surface area contributed by atoms with E-state index in [1.165, 1.54) is 5.56 Å². The van der Waals surface area contributed by atoms with Crippen molar-refractivity contribution in [3.05, 3.63) is 63.9 Å². The van der Waals surface area contributed by atoms with Gasteiger partial charge < -0.3 is 9.47 Å². The molecule has 0 aliphatic heterocycles. The molecule has 3 nitrogen and oxygen atoms in total. The largest absolute Gasteiger partial charge is 0.326 e. The van der Waals surface area contributed by atoms with Crippen LogP contribution >= 0.6 is 23.2 Å². The van der Waals surface area contributed by atoms with E-state index in [-0.39, 0.29) is 0 Å². The van der Waals surface area contributed by atoms with E-state index in [0.29, 0.717) is 0 Å². The van der Waals surface area contributed by atoms with Gasteiger partial charge in [-0.25, -0.2) is 4.98 Å². The number of aromatic nitrogens is 2. The maximum absolute atomic E-state index is 6.16. The first-order valence-electron chi connectivity index (χ1n) is 8.72. The molecule has 0 saturated carbocycles. The number of nitrogens with zero attached hydrogens (tertiary/aromatic N) is 3. The summed E-state index contributed by atoms with van der Waals surface area (Å²) in [7, 11) is 0. The first kappa shape index (κ1) is 18.2. The van der Waals surface area contributed by atoms with Crippen molar-refractivity contribution in [1.82, 2.24) is 14.5 Å². The van der Waals surface area contributed by atoms with Crippen molar-refractivity contribution in [3.63, 3.8) is 0 Å². The molecule has 1 heterocycles. The maximum Gasteiger partial charge on any atom is 0.114 e. The fraction of sp³-hybridized carbons (Fsp3) is 0.350. The van der Waals surface area contributed by atoms with Crippen molar-refractivity contribution in [3.8, 4) is 0 Å². The quantitative estimate of drug-likeness (QED) is 0.560. The van der Waals surface area contributed by atoms with Gasteiger partial charge in [0.15, 0.2) is 0 Å². The predicted octanol–water partition coefficient (Wildman–Crippen LogP) is 5.28. The van der Waals surface area contributed by atoms with E-state index in [4.69, 9.17) is 28.2 Å². The van der Waals surface area contributed by atoms with Crippen LogP contribution in [0.3, 0.4) is 0 Å². The average Bonchev–Trinajstić information content (AvgIpc) is 2.94. The van der Waals surface area contributed by atoms with Crippen LogP contribution in [0.4, 0.5) is 0 Å². The number of rotatable bonds is 7. The van der Waals surface area contributed by atoms with Crippen molar-refractivity contribution in [2.45, 2.75) is 26.8 Å². The number of halogens is 2. The lowest BCUT2D eigenvalue weighted by Gasteiger charge is -2.19. The average molecular weight is 376 g/mol. The molecule has 0 N–H and O–H groups in total. The van der Waals surface area contributed by atoms with E-state index < -0.39 is 0 Å². The van der Waals surface area contributed by atoms with Gasteiger partial charge in [0.1, 0.15) is 5.82 Å². The number of imidazole rings is 1. The van der Waals surface area contributed by atoms with Gasteiger partial charge in [0, 0.05) is 29.6 Å². The Kier molecular flexibility index (Phi) is 6.00. The fourth-order valence-electron chi connectivity index (χ4n) is 3.10. The molecule has 25 heavy (non-hydrogen) atoms. The van der Waals surface area contributed by atoms with Gasteiger partial charge in [0.2, 0.25) is 0 Å². The molecule has 132 valence electrons. The molecule has 0 radical (unpaired) electrons. The van der Waals surface area contributed by atoms with Crippen LogP contribution in [0.5, 0.6) is 0 Å². The van der Waals surface area contributed by atoms with Crippen LogP contribution in [0, 0.1) is 0 Å². The van der Waals surface area contributed by atoms with E-state index in [1.54, 1.807) is 0 Å². The highest BCUT2D eigenvalue weighted by Gasteiger charge is 2.13. The Labute approximate surface area is 159 Å². The Balaban J connectivity index is 1.94. The molecular formula is C20H23Cl2N3. The molecule has 0 unspecified atom stereocenters. The Hall–Kier alpha value is -1.55. The molecule has 0 fully saturated rings. The molecule has 0 bridgehead atoms.